The molecule has 0 atom stereocenters. The SMILES string of the molecule is CC(=O)c1cccc(S(=O)(=O)NCCC2=CCCC2)c1. The van der Waals surface area contributed by atoms with Crippen LogP contribution in [0.4, 0.5) is 0 Å². The topological polar surface area (TPSA) is 63.2 Å². The summed E-state index contributed by atoms with van der Waals surface area (Å²) in [6, 6.07) is 6.12. The molecule has 1 aliphatic rings. The average Bonchev–Trinajstić information content (AvgIpc) is 2.92. The number of ketones is 1. The number of sulfonamides is 1. The molecule has 0 heterocycles. The predicted molar refractivity (Wildman–Crippen MR) is 78.2 cm³/mol. The molecule has 0 aliphatic heterocycles. The summed E-state index contributed by atoms with van der Waals surface area (Å²) in [5, 5.41) is 0. The van der Waals surface area contributed by atoms with E-state index in [4.69, 9.17) is 0 Å². The van der Waals surface area contributed by atoms with Crippen LogP contribution in [0, 0.1) is 0 Å². The Hall–Kier alpha value is -1.46. The van der Waals surface area contributed by atoms with Crippen LogP contribution in [0.15, 0.2) is 40.8 Å². The van der Waals surface area contributed by atoms with E-state index in [0.29, 0.717) is 12.1 Å². The first-order valence-electron chi connectivity index (χ1n) is 6.77. The quantitative estimate of drug-likeness (QED) is 0.648. The summed E-state index contributed by atoms with van der Waals surface area (Å²) in [5.74, 6) is -0.141. The van der Waals surface area contributed by atoms with Crippen molar-refractivity contribution in [2.75, 3.05) is 6.54 Å². The van der Waals surface area contributed by atoms with Crippen LogP contribution in [0.5, 0.6) is 0 Å². The van der Waals surface area contributed by atoms with Gasteiger partial charge in [0.25, 0.3) is 0 Å². The Morgan fingerprint density at radius 2 is 2.15 bits per heavy atom. The highest BCUT2D eigenvalue weighted by molar-refractivity contribution is 7.89. The summed E-state index contributed by atoms with van der Waals surface area (Å²) >= 11 is 0. The molecular weight excluding hydrogens is 274 g/mol. The molecule has 0 fully saturated rings. The highest BCUT2D eigenvalue weighted by atomic mass is 32.2. The first-order chi connectivity index (χ1) is 9.49. The van der Waals surface area contributed by atoms with Gasteiger partial charge in [0.2, 0.25) is 10.0 Å². The van der Waals surface area contributed by atoms with Crippen molar-refractivity contribution in [1.29, 1.82) is 0 Å². The van der Waals surface area contributed by atoms with Gasteiger partial charge in [0.1, 0.15) is 0 Å². The number of Topliss-reactive ketones (excluding diaryl/α,β-unsaturated/α-hetero) is 1. The van der Waals surface area contributed by atoms with Gasteiger partial charge in [-0.3, -0.25) is 4.79 Å². The lowest BCUT2D eigenvalue weighted by molar-refractivity contribution is 0.101. The standard InChI is InChI=1S/C15H19NO3S/c1-12(17)14-7-4-8-15(11-14)20(18,19)16-10-9-13-5-2-3-6-13/h4-5,7-8,11,16H,2-3,6,9-10H2,1H3. The smallest absolute Gasteiger partial charge is 0.240 e. The van der Waals surface area contributed by atoms with Crippen molar-refractivity contribution in [3.8, 4) is 0 Å². The van der Waals surface area contributed by atoms with Crippen LogP contribution in [0.2, 0.25) is 0 Å². The molecule has 0 amide bonds. The molecule has 0 bridgehead atoms. The van der Waals surface area contributed by atoms with Gasteiger partial charge in [0.05, 0.1) is 4.90 Å². The zero-order valence-electron chi connectivity index (χ0n) is 11.6. The van der Waals surface area contributed by atoms with Gasteiger partial charge in [-0.2, -0.15) is 0 Å². The van der Waals surface area contributed by atoms with Crippen molar-refractivity contribution in [2.24, 2.45) is 0 Å². The minimum Gasteiger partial charge on any atom is -0.295 e. The second-order valence-corrected chi connectivity index (χ2v) is 6.75. The van der Waals surface area contributed by atoms with E-state index in [1.54, 1.807) is 12.1 Å². The highest BCUT2D eigenvalue weighted by Gasteiger charge is 2.15. The molecule has 4 nitrogen and oxygen atoms in total. The van der Waals surface area contributed by atoms with E-state index in [-0.39, 0.29) is 10.7 Å². The van der Waals surface area contributed by atoms with Crippen molar-refractivity contribution in [1.82, 2.24) is 4.72 Å². The molecule has 0 aromatic heterocycles. The van der Waals surface area contributed by atoms with Crippen molar-refractivity contribution in [2.45, 2.75) is 37.5 Å². The van der Waals surface area contributed by atoms with Crippen LogP contribution in [-0.2, 0) is 10.0 Å². The second-order valence-electron chi connectivity index (χ2n) is 4.99. The summed E-state index contributed by atoms with van der Waals surface area (Å²) in [7, 11) is -3.54. The van der Waals surface area contributed by atoms with E-state index < -0.39 is 10.0 Å². The normalized spacial score (nSPS) is 15.2. The number of hydrogen-bond acceptors (Lipinski definition) is 3. The Morgan fingerprint density at radius 3 is 2.80 bits per heavy atom. The lowest BCUT2D eigenvalue weighted by Gasteiger charge is -2.08. The maximum absolute atomic E-state index is 12.1. The van der Waals surface area contributed by atoms with Crippen molar-refractivity contribution in [3.05, 3.63) is 41.5 Å². The van der Waals surface area contributed by atoms with Gasteiger partial charge in [0.15, 0.2) is 5.78 Å². The van der Waals surface area contributed by atoms with E-state index in [1.165, 1.54) is 31.1 Å². The largest absolute Gasteiger partial charge is 0.295 e. The summed E-state index contributed by atoms with van der Waals surface area (Å²) in [5.41, 5.74) is 1.73. The number of rotatable bonds is 6. The van der Waals surface area contributed by atoms with Crippen LogP contribution in [0.1, 0.15) is 43.0 Å². The monoisotopic (exact) mass is 293 g/mol. The molecule has 2 rings (SSSR count). The third-order valence-electron chi connectivity index (χ3n) is 3.42. The van der Waals surface area contributed by atoms with E-state index in [1.807, 2.05) is 0 Å². The van der Waals surface area contributed by atoms with E-state index in [2.05, 4.69) is 10.8 Å². The molecule has 1 aromatic carbocycles. The first kappa shape index (κ1) is 14.9. The molecule has 0 saturated carbocycles. The third-order valence-corrected chi connectivity index (χ3v) is 4.88. The maximum Gasteiger partial charge on any atom is 0.240 e. The molecule has 0 radical (unpaired) electrons. The van der Waals surface area contributed by atoms with Gasteiger partial charge in [-0.05, 0) is 44.7 Å². The zero-order chi connectivity index (χ0) is 14.6. The minimum absolute atomic E-state index is 0.141. The van der Waals surface area contributed by atoms with Crippen LogP contribution in [0.3, 0.4) is 0 Å². The highest BCUT2D eigenvalue weighted by Crippen LogP contribution is 2.20. The fourth-order valence-electron chi connectivity index (χ4n) is 2.28. The predicted octanol–water partition coefficient (Wildman–Crippen LogP) is 2.67. The van der Waals surface area contributed by atoms with E-state index in [9.17, 15) is 13.2 Å². The van der Waals surface area contributed by atoms with Crippen LogP contribution >= 0.6 is 0 Å². The number of hydrogen-bond donors (Lipinski definition) is 1. The second kappa shape index (κ2) is 6.33. The number of carbonyl (C=O) groups is 1. The summed E-state index contributed by atoms with van der Waals surface area (Å²) in [6.45, 7) is 1.82. The molecule has 0 spiro atoms. The molecule has 20 heavy (non-hydrogen) atoms. The van der Waals surface area contributed by atoms with Crippen molar-refractivity contribution in [3.63, 3.8) is 0 Å². The first-order valence-corrected chi connectivity index (χ1v) is 8.26. The number of allylic oxidation sites excluding steroid dienone is 1. The molecule has 1 aromatic rings. The van der Waals surface area contributed by atoms with Crippen molar-refractivity contribution >= 4 is 15.8 Å². The van der Waals surface area contributed by atoms with Crippen LogP contribution < -0.4 is 4.72 Å². The van der Waals surface area contributed by atoms with Crippen molar-refractivity contribution < 1.29 is 13.2 Å². The fourth-order valence-corrected chi connectivity index (χ4v) is 3.35. The van der Waals surface area contributed by atoms with Crippen LogP contribution in [-0.4, -0.2) is 20.7 Å². The minimum atomic E-state index is -3.54. The number of carbonyl (C=O) groups excluding carboxylic acids is 1. The van der Waals surface area contributed by atoms with E-state index in [0.717, 1.165) is 19.3 Å². The molecule has 0 saturated heterocycles. The Kier molecular flexibility index (Phi) is 4.73. The average molecular weight is 293 g/mol. The molecule has 5 heteroatoms. The van der Waals surface area contributed by atoms with Gasteiger partial charge in [-0.25, -0.2) is 13.1 Å². The molecule has 1 N–H and O–H groups in total. The fraction of sp³-hybridized carbons (Fsp3) is 0.400. The number of benzene rings is 1. The molecule has 108 valence electrons. The van der Waals surface area contributed by atoms with E-state index >= 15 is 0 Å². The Balaban J connectivity index is 2.02. The molecule has 0 unspecified atom stereocenters. The van der Waals surface area contributed by atoms with Gasteiger partial charge in [-0.15, -0.1) is 0 Å². The lowest BCUT2D eigenvalue weighted by Crippen LogP contribution is -2.25. The summed E-state index contributed by atoms with van der Waals surface area (Å²) in [4.78, 5) is 11.4. The summed E-state index contributed by atoms with van der Waals surface area (Å²) in [6.07, 6.45) is 6.28. The van der Waals surface area contributed by atoms with Gasteiger partial charge < -0.3 is 0 Å². The molecular formula is C15H19NO3S. The Labute approximate surface area is 119 Å². The zero-order valence-corrected chi connectivity index (χ0v) is 12.4. The van der Waals surface area contributed by atoms with Crippen LogP contribution in [0.25, 0.3) is 0 Å². The lowest BCUT2D eigenvalue weighted by atomic mass is 10.2. The maximum atomic E-state index is 12.1. The Morgan fingerprint density at radius 1 is 1.35 bits per heavy atom. The Bertz CT molecular complexity index is 632. The van der Waals surface area contributed by atoms with Gasteiger partial charge >= 0.3 is 0 Å². The summed E-state index contributed by atoms with van der Waals surface area (Å²) < 4.78 is 26.9. The third kappa shape index (κ3) is 3.77. The molecule has 1 aliphatic carbocycles. The van der Waals surface area contributed by atoms with Gasteiger partial charge in [0, 0.05) is 12.1 Å². The van der Waals surface area contributed by atoms with Gasteiger partial charge in [-0.1, -0.05) is 23.8 Å². The number of nitrogens with one attached hydrogen (secondary N) is 1.